The number of nitrogens with zero attached hydrogens (tertiary/aromatic N) is 3. The molecule has 1 amide bonds. The maximum absolute atomic E-state index is 14.0. The van der Waals surface area contributed by atoms with Crippen LogP contribution in [0.4, 0.5) is 18.9 Å². The molecule has 0 atom stereocenters. The normalized spacial score (nSPS) is 14.0. The molecule has 0 bridgehead atoms. The summed E-state index contributed by atoms with van der Waals surface area (Å²) in [5.41, 5.74) is 0.565. The number of alkyl halides is 3. The molecule has 2 aromatic heterocycles. The minimum Gasteiger partial charge on any atom is -0.497 e. The third-order valence-corrected chi connectivity index (χ3v) is 8.79. The van der Waals surface area contributed by atoms with Gasteiger partial charge in [0.1, 0.15) is 10.6 Å². The van der Waals surface area contributed by atoms with Gasteiger partial charge >= 0.3 is 6.18 Å². The predicted molar refractivity (Wildman–Crippen MR) is 152 cm³/mol. The number of amides is 1. The summed E-state index contributed by atoms with van der Waals surface area (Å²) in [6.07, 6.45) is -3.77. The Morgan fingerprint density at radius 2 is 1.95 bits per heavy atom. The molecule has 210 valence electrons. The summed E-state index contributed by atoms with van der Waals surface area (Å²) in [6, 6.07) is 11.8. The largest absolute Gasteiger partial charge is 0.497 e. The summed E-state index contributed by atoms with van der Waals surface area (Å²) in [4.78, 5) is 35.6. The molecule has 3 heterocycles. The highest BCUT2D eigenvalue weighted by Crippen LogP contribution is 2.35. The van der Waals surface area contributed by atoms with Crippen LogP contribution in [0.25, 0.3) is 15.9 Å². The highest BCUT2D eigenvalue weighted by Gasteiger charge is 2.31. The minimum absolute atomic E-state index is 0.0389. The van der Waals surface area contributed by atoms with E-state index in [-0.39, 0.29) is 17.0 Å². The van der Waals surface area contributed by atoms with Gasteiger partial charge in [-0.3, -0.25) is 19.1 Å². The fourth-order valence-electron chi connectivity index (χ4n) is 4.64. The summed E-state index contributed by atoms with van der Waals surface area (Å²) < 4.78 is 46.0. The quantitative estimate of drug-likeness (QED) is 0.212. The number of thiophene rings is 1. The Hall–Kier alpha value is -3.35. The zero-order chi connectivity index (χ0) is 28.6. The molecular formula is C28H27F3N4O3S2. The van der Waals surface area contributed by atoms with E-state index in [0.717, 1.165) is 53.8 Å². The first-order valence-corrected chi connectivity index (χ1v) is 14.4. The lowest BCUT2D eigenvalue weighted by Crippen LogP contribution is -2.35. The maximum atomic E-state index is 14.0. The third kappa shape index (κ3) is 5.74. The van der Waals surface area contributed by atoms with Crippen LogP contribution in [0.3, 0.4) is 0 Å². The molecule has 0 saturated carbocycles. The predicted octanol–water partition coefficient (Wildman–Crippen LogP) is 5.97. The van der Waals surface area contributed by atoms with Crippen molar-refractivity contribution in [2.45, 2.75) is 44.2 Å². The first-order valence-electron chi connectivity index (χ1n) is 12.6. The Labute approximate surface area is 237 Å². The number of carbonyl (C=O) groups excluding carboxylic acids is 1. The molecule has 40 heavy (non-hydrogen) atoms. The van der Waals surface area contributed by atoms with Crippen molar-refractivity contribution in [3.8, 4) is 11.4 Å². The van der Waals surface area contributed by atoms with Crippen molar-refractivity contribution < 1.29 is 22.7 Å². The van der Waals surface area contributed by atoms with Gasteiger partial charge in [-0.2, -0.15) is 13.2 Å². The lowest BCUT2D eigenvalue weighted by Gasteiger charge is -2.30. The highest BCUT2D eigenvalue weighted by molar-refractivity contribution is 7.99. The van der Waals surface area contributed by atoms with Gasteiger partial charge in [0, 0.05) is 29.7 Å². The Bertz CT molecular complexity index is 1610. The van der Waals surface area contributed by atoms with Crippen LogP contribution in [0.15, 0.2) is 58.5 Å². The molecule has 0 saturated heterocycles. The molecule has 4 aromatic rings. The van der Waals surface area contributed by atoms with Crippen LogP contribution in [-0.4, -0.2) is 45.8 Å². The molecule has 0 fully saturated rings. The average Bonchev–Trinajstić information content (AvgIpc) is 3.29. The van der Waals surface area contributed by atoms with Crippen molar-refractivity contribution in [3.63, 3.8) is 0 Å². The fourth-order valence-corrected chi connectivity index (χ4v) is 6.74. The van der Waals surface area contributed by atoms with E-state index in [2.05, 4.69) is 24.1 Å². The number of hydrogen-bond donors (Lipinski definition) is 1. The summed E-state index contributed by atoms with van der Waals surface area (Å²) in [6.45, 7) is 5.89. The highest BCUT2D eigenvalue weighted by atomic mass is 32.2. The molecular weight excluding hydrogens is 561 g/mol. The van der Waals surface area contributed by atoms with E-state index in [9.17, 15) is 22.8 Å². The van der Waals surface area contributed by atoms with E-state index < -0.39 is 17.6 Å². The minimum atomic E-state index is -4.52. The van der Waals surface area contributed by atoms with E-state index in [1.165, 1.54) is 28.0 Å². The number of fused-ring (bicyclic) bond motifs is 3. The molecule has 0 unspecified atom stereocenters. The Kier molecular flexibility index (Phi) is 7.94. The summed E-state index contributed by atoms with van der Waals surface area (Å²) in [7, 11) is 1.55. The number of nitrogens with one attached hydrogen (secondary N) is 1. The summed E-state index contributed by atoms with van der Waals surface area (Å²) in [5, 5.41) is 3.43. The van der Waals surface area contributed by atoms with E-state index >= 15 is 0 Å². The van der Waals surface area contributed by atoms with Crippen molar-refractivity contribution in [1.29, 1.82) is 0 Å². The van der Waals surface area contributed by atoms with Crippen molar-refractivity contribution in [1.82, 2.24) is 14.5 Å². The van der Waals surface area contributed by atoms with Gasteiger partial charge in [0.15, 0.2) is 5.16 Å². The lowest BCUT2D eigenvalue weighted by molar-refractivity contribution is -0.137. The third-order valence-electron chi connectivity index (χ3n) is 6.74. The van der Waals surface area contributed by atoms with Crippen LogP contribution >= 0.6 is 23.1 Å². The number of methoxy groups -OCH3 is 1. The molecule has 0 radical (unpaired) electrons. The Morgan fingerprint density at radius 3 is 2.62 bits per heavy atom. The number of anilines is 1. The molecule has 5 rings (SSSR count). The van der Waals surface area contributed by atoms with Gasteiger partial charge in [-0.25, -0.2) is 4.98 Å². The summed E-state index contributed by atoms with van der Waals surface area (Å²) in [5.74, 6) is -0.0449. The number of rotatable bonds is 7. The van der Waals surface area contributed by atoms with Crippen LogP contribution < -0.4 is 15.6 Å². The molecule has 7 nitrogen and oxygen atoms in total. The van der Waals surface area contributed by atoms with Crippen LogP contribution in [0.5, 0.6) is 5.75 Å². The van der Waals surface area contributed by atoms with E-state index in [0.29, 0.717) is 32.9 Å². The second-order valence-corrected chi connectivity index (χ2v) is 11.7. The second-order valence-electron chi connectivity index (χ2n) is 9.65. The number of carbonyl (C=O) groups is 1. The first-order chi connectivity index (χ1) is 19.0. The zero-order valence-electron chi connectivity index (χ0n) is 22.0. The number of ether oxygens (including phenoxy) is 1. The number of thioether (sulfide) groups is 1. The van der Waals surface area contributed by atoms with Crippen molar-refractivity contribution >= 4 is 44.9 Å². The van der Waals surface area contributed by atoms with Crippen molar-refractivity contribution in [2.24, 2.45) is 0 Å². The molecule has 0 spiro atoms. The number of benzene rings is 2. The number of hydrogen-bond acceptors (Lipinski definition) is 7. The Morgan fingerprint density at radius 1 is 1.20 bits per heavy atom. The molecule has 1 aliphatic heterocycles. The molecule has 0 aliphatic carbocycles. The summed E-state index contributed by atoms with van der Waals surface area (Å²) >= 11 is 2.55. The van der Waals surface area contributed by atoms with E-state index in [1.807, 2.05) is 0 Å². The van der Waals surface area contributed by atoms with E-state index in [4.69, 9.17) is 9.72 Å². The van der Waals surface area contributed by atoms with Gasteiger partial charge in [0.2, 0.25) is 5.91 Å². The second kappa shape index (κ2) is 11.3. The number of aromatic nitrogens is 2. The van der Waals surface area contributed by atoms with Gasteiger partial charge < -0.3 is 10.1 Å². The number of halogens is 3. The van der Waals surface area contributed by atoms with Crippen LogP contribution in [0, 0.1) is 0 Å². The SMILES string of the molecule is COc1ccc(-n2c(SCC(=O)Nc3cccc(C(F)(F)F)c3)nc3sc4c(c3c2=O)CCN(C(C)C)C4)cc1. The molecule has 12 heteroatoms. The lowest BCUT2D eigenvalue weighted by atomic mass is 10.0. The van der Waals surface area contributed by atoms with Crippen molar-refractivity contribution in [2.75, 3.05) is 24.7 Å². The standard InChI is InChI=1S/C28H27F3N4O3S2/c1-16(2)34-12-11-21-22(14-34)40-25-24(21)26(37)35(19-7-9-20(38-3)10-8-19)27(33-25)39-15-23(36)32-18-6-4-5-17(13-18)28(29,30)31/h4-10,13,16H,11-12,14-15H2,1-3H3,(H,32,36). The van der Waals surface area contributed by atoms with Gasteiger partial charge in [-0.15, -0.1) is 11.3 Å². The van der Waals surface area contributed by atoms with Gasteiger partial charge in [-0.1, -0.05) is 17.8 Å². The fraction of sp³-hybridized carbons (Fsp3) is 0.321. The Balaban J connectivity index is 1.49. The average molecular weight is 589 g/mol. The van der Waals surface area contributed by atoms with Crippen molar-refractivity contribution in [3.05, 3.63) is 74.9 Å². The molecule has 1 aliphatic rings. The maximum Gasteiger partial charge on any atom is 0.416 e. The zero-order valence-corrected chi connectivity index (χ0v) is 23.7. The van der Waals surface area contributed by atoms with Gasteiger partial charge in [0.25, 0.3) is 5.56 Å². The topological polar surface area (TPSA) is 76.5 Å². The van der Waals surface area contributed by atoms with Gasteiger partial charge in [0.05, 0.1) is 29.5 Å². The first kappa shape index (κ1) is 28.2. The van der Waals surface area contributed by atoms with Crippen LogP contribution in [-0.2, 0) is 23.9 Å². The monoisotopic (exact) mass is 588 g/mol. The molecule has 1 N–H and O–H groups in total. The van der Waals surface area contributed by atoms with Gasteiger partial charge in [-0.05, 0) is 68.3 Å². The van der Waals surface area contributed by atoms with Crippen LogP contribution in [0.2, 0.25) is 0 Å². The van der Waals surface area contributed by atoms with E-state index in [1.54, 1.807) is 31.4 Å². The smallest absolute Gasteiger partial charge is 0.416 e. The molecule has 2 aromatic carbocycles. The van der Waals surface area contributed by atoms with Crippen LogP contribution in [0.1, 0.15) is 29.9 Å².